The highest BCUT2D eigenvalue weighted by Gasteiger charge is 2.61. The smallest absolute Gasteiger partial charge is 0.253 e. The first-order valence-corrected chi connectivity index (χ1v) is 12.1. The molecule has 3 aromatic rings. The fraction of sp³-hybridized carbons (Fsp3) is 0.370. The molecule has 6 nitrogen and oxygen atoms in total. The van der Waals surface area contributed by atoms with E-state index in [1.54, 1.807) is 24.3 Å². The van der Waals surface area contributed by atoms with Crippen molar-refractivity contribution in [1.82, 2.24) is 20.2 Å². The highest BCUT2D eigenvalue weighted by molar-refractivity contribution is 5.97. The van der Waals surface area contributed by atoms with Gasteiger partial charge in [-0.25, -0.2) is 18.7 Å². The molecule has 2 saturated heterocycles. The van der Waals surface area contributed by atoms with Crippen LogP contribution in [0.5, 0.6) is 0 Å². The topological polar surface area (TPSA) is 61.4 Å². The number of halogens is 2. The lowest BCUT2D eigenvalue weighted by molar-refractivity contribution is 0.0159. The van der Waals surface area contributed by atoms with Crippen molar-refractivity contribution in [2.24, 2.45) is 5.41 Å². The van der Waals surface area contributed by atoms with E-state index in [2.05, 4.69) is 15.3 Å². The summed E-state index contributed by atoms with van der Waals surface area (Å²) in [6.07, 6.45) is 4.34. The van der Waals surface area contributed by atoms with E-state index in [4.69, 9.17) is 0 Å². The molecule has 1 aliphatic carbocycles. The van der Waals surface area contributed by atoms with Crippen LogP contribution in [-0.4, -0.2) is 53.2 Å². The maximum Gasteiger partial charge on any atom is 0.253 e. The number of carbonyl (C=O) groups is 1. The minimum absolute atomic E-state index is 0.0201. The standard InChI is InChI=1S/C27H25F2N5O/c28-21-4-2-1-3-19(21)18-12-31-25(32-13-18)34-22-11-17(5-6-20(22)27(7-8-27)24(34)29)23(35)33-15-26(16-33)9-10-30-14-26/h1-6,11-13,24,30H,7-10,14-16H2. The fourth-order valence-electron chi connectivity index (χ4n) is 6.07. The molecular formula is C27H25F2N5O. The van der Waals surface area contributed by atoms with Gasteiger partial charge in [0.2, 0.25) is 5.95 Å². The molecule has 1 atom stereocenters. The third-order valence-corrected chi connectivity index (χ3v) is 8.22. The van der Waals surface area contributed by atoms with Crippen molar-refractivity contribution >= 4 is 17.5 Å². The predicted octanol–water partition coefficient (Wildman–Crippen LogP) is 4.20. The van der Waals surface area contributed by atoms with Gasteiger partial charge in [-0.05, 0) is 49.6 Å². The van der Waals surface area contributed by atoms with Crippen molar-refractivity contribution in [3.8, 4) is 11.1 Å². The molecule has 2 aromatic carbocycles. The predicted molar refractivity (Wildman–Crippen MR) is 128 cm³/mol. The van der Waals surface area contributed by atoms with Crippen LogP contribution in [0.15, 0.2) is 54.9 Å². The summed E-state index contributed by atoms with van der Waals surface area (Å²) in [5.41, 5.74) is 2.69. The normalized spacial score (nSPS) is 23.0. The number of aromatic nitrogens is 2. The summed E-state index contributed by atoms with van der Waals surface area (Å²) in [6.45, 7) is 3.48. The van der Waals surface area contributed by atoms with Crippen LogP contribution in [0.1, 0.15) is 35.2 Å². The number of hydrogen-bond acceptors (Lipinski definition) is 5. The average molecular weight is 474 g/mol. The molecule has 7 rings (SSSR count). The number of anilines is 2. The van der Waals surface area contributed by atoms with Crippen LogP contribution in [0.3, 0.4) is 0 Å². The van der Waals surface area contributed by atoms with Crippen LogP contribution >= 0.6 is 0 Å². The summed E-state index contributed by atoms with van der Waals surface area (Å²) in [5, 5.41) is 3.39. The Morgan fingerprint density at radius 1 is 1.06 bits per heavy atom. The molecule has 178 valence electrons. The van der Waals surface area contributed by atoms with Gasteiger partial charge in [0, 0.05) is 59.5 Å². The van der Waals surface area contributed by atoms with Gasteiger partial charge in [-0.3, -0.25) is 9.69 Å². The number of fused-ring (bicyclic) bond motifs is 2. The van der Waals surface area contributed by atoms with Gasteiger partial charge < -0.3 is 10.2 Å². The molecule has 1 saturated carbocycles. The van der Waals surface area contributed by atoms with Gasteiger partial charge in [0.15, 0.2) is 6.30 Å². The number of nitrogens with zero attached hydrogens (tertiary/aromatic N) is 4. The van der Waals surface area contributed by atoms with Gasteiger partial charge in [-0.2, -0.15) is 0 Å². The lowest BCUT2D eigenvalue weighted by Gasteiger charge is -2.47. The van der Waals surface area contributed by atoms with Gasteiger partial charge >= 0.3 is 0 Å². The monoisotopic (exact) mass is 473 g/mol. The molecule has 4 heterocycles. The number of alkyl halides is 1. The second-order valence-corrected chi connectivity index (χ2v) is 10.4. The van der Waals surface area contributed by atoms with Gasteiger partial charge in [0.25, 0.3) is 5.91 Å². The number of rotatable bonds is 3. The molecule has 1 N–H and O–H groups in total. The lowest BCUT2D eigenvalue weighted by Crippen LogP contribution is -2.59. The molecule has 3 fully saturated rings. The summed E-state index contributed by atoms with van der Waals surface area (Å²) in [6, 6.07) is 12.0. The summed E-state index contributed by atoms with van der Waals surface area (Å²) in [7, 11) is 0. The van der Waals surface area contributed by atoms with Crippen molar-refractivity contribution in [2.75, 3.05) is 31.1 Å². The van der Waals surface area contributed by atoms with Gasteiger partial charge in [0.05, 0.1) is 5.69 Å². The molecule has 3 aliphatic heterocycles. The first-order valence-electron chi connectivity index (χ1n) is 12.1. The third-order valence-electron chi connectivity index (χ3n) is 8.22. The van der Waals surface area contributed by atoms with Crippen molar-refractivity contribution in [2.45, 2.75) is 31.0 Å². The third kappa shape index (κ3) is 3.05. The maximum atomic E-state index is 15.8. The summed E-state index contributed by atoms with van der Waals surface area (Å²) in [5.74, 6) is -0.166. The van der Waals surface area contributed by atoms with E-state index in [1.165, 1.54) is 23.4 Å². The van der Waals surface area contributed by atoms with Crippen LogP contribution in [0, 0.1) is 11.2 Å². The molecule has 35 heavy (non-hydrogen) atoms. The number of amides is 1. The zero-order valence-electron chi connectivity index (χ0n) is 19.2. The van der Waals surface area contributed by atoms with E-state index >= 15 is 4.39 Å². The Kier molecular flexibility index (Phi) is 4.37. The molecule has 8 heteroatoms. The van der Waals surface area contributed by atoms with E-state index in [1.807, 2.05) is 17.0 Å². The Morgan fingerprint density at radius 2 is 1.83 bits per heavy atom. The lowest BCUT2D eigenvalue weighted by atomic mass is 9.79. The molecule has 4 aliphatic rings. The van der Waals surface area contributed by atoms with Crippen LogP contribution in [0.25, 0.3) is 11.1 Å². The molecule has 1 aromatic heterocycles. The molecule has 0 radical (unpaired) electrons. The van der Waals surface area contributed by atoms with E-state index in [0.717, 1.165) is 51.0 Å². The minimum atomic E-state index is -1.31. The van der Waals surface area contributed by atoms with Gasteiger partial charge in [-0.1, -0.05) is 24.3 Å². The Hall–Kier alpha value is -3.39. The first-order chi connectivity index (χ1) is 17.0. The number of likely N-dealkylation sites (tertiary alicyclic amines) is 1. The van der Waals surface area contributed by atoms with Crippen LogP contribution in [0.4, 0.5) is 20.4 Å². The molecule has 0 bridgehead atoms. The van der Waals surface area contributed by atoms with Crippen LogP contribution in [0.2, 0.25) is 0 Å². The molecule has 1 unspecified atom stereocenters. The molecule has 1 amide bonds. The van der Waals surface area contributed by atoms with Crippen LogP contribution in [-0.2, 0) is 5.41 Å². The maximum absolute atomic E-state index is 15.8. The fourth-order valence-corrected chi connectivity index (χ4v) is 6.07. The number of benzene rings is 2. The Morgan fingerprint density at radius 3 is 2.51 bits per heavy atom. The second kappa shape index (κ2) is 7.31. The van der Waals surface area contributed by atoms with Crippen LogP contribution < -0.4 is 10.2 Å². The summed E-state index contributed by atoms with van der Waals surface area (Å²) < 4.78 is 30.0. The average Bonchev–Trinajstić information content (AvgIpc) is 3.44. The van der Waals surface area contributed by atoms with Gasteiger partial charge in [-0.15, -0.1) is 0 Å². The Balaban J connectivity index is 1.21. The van der Waals surface area contributed by atoms with E-state index in [9.17, 15) is 9.18 Å². The SMILES string of the molecule is O=C(c1ccc2c(c1)N(c1ncc(-c3ccccc3F)cn1)C(F)C21CC1)N1CC2(CCNC2)C1. The number of carbonyl (C=O) groups excluding carboxylic acids is 1. The first kappa shape index (κ1) is 20.9. The van der Waals surface area contributed by atoms with E-state index in [-0.39, 0.29) is 23.1 Å². The zero-order chi connectivity index (χ0) is 23.8. The minimum Gasteiger partial charge on any atom is -0.337 e. The number of nitrogens with one attached hydrogen (secondary N) is 1. The van der Waals surface area contributed by atoms with Crippen molar-refractivity contribution in [3.63, 3.8) is 0 Å². The zero-order valence-corrected chi connectivity index (χ0v) is 19.2. The highest BCUT2D eigenvalue weighted by atomic mass is 19.1. The summed E-state index contributed by atoms with van der Waals surface area (Å²) in [4.78, 5) is 25.4. The Bertz CT molecular complexity index is 1330. The van der Waals surface area contributed by atoms with Crippen molar-refractivity contribution in [3.05, 3.63) is 71.8 Å². The molecular weight excluding hydrogens is 448 g/mol. The highest BCUT2D eigenvalue weighted by Crippen LogP contribution is 2.62. The Labute approximate surface area is 202 Å². The van der Waals surface area contributed by atoms with Gasteiger partial charge in [0.1, 0.15) is 5.82 Å². The van der Waals surface area contributed by atoms with Crippen molar-refractivity contribution in [1.29, 1.82) is 0 Å². The quantitative estimate of drug-likeness (QED) is 0.578. The molecule has 2 spiro atoms. The summed E-state index contributed by atoms with van der Waals surface area (Å²) >= 11 is 0. The largest absolute Gasteiger partial charge is 0.337 e. The van der Waals surface area contributed by atoms with Crippen molar-refractivity contribution < 1.29 is 13.6 Å². The van der Waals surface area contributed by atoms with E-state index < -0.39 is 11.7 Å². The second-order valence-electron chi connectivity index (χ2n) is 10.4. The number of hydrogen-bond donors (Lipinski definition) is 1. The van der Waals surface area contributed by atoms with E-state index in [0.29, 0.717) is 22.4 Å².